The number of nitrogens with one attached hydrogen (secondary N) is 1. The maximum Gasteiger partial charge on any atom is 0.125 e. The average molecular weight is 346 g/mol. The van der Waals surface area contributed by atoms with Crippen LogP contribution in [0.2, 0.25) is 0 Å². The Hall–Kier alpha value is -2.97. The predicted molar refractivity (Wildman–Crippen MR) is 103 cm³/mol. The van der Waals surface area contributed by atoms with Gasteiger partial charge in [0.05, 0.1) is 17.5 Å². The van der Waals surface area contributed by atoms with Gasteiger partial charge < -0.3 is 5.32 Å². The lowest BCUT2D eigenvalue weighted by atomic mass is 10.0. The number of benzene rings is 1. The standard InChI is InChI=1S/C20H18N4S/c1-14(2)15-5-7-17(8-6-15)23-18(9-10-21)19-13-25-20(24-19)16-4-3-11-22-12-16/h3-9,11-14,23H,1-2H3. The summed E-state index contributed by atoms with van der Waals surface area (Å²) in [6.07, 6.45) is 5.01. The van der Waals surface area contributed by atoms with Crippen molar-refractivity contribution in [2.75, 3.05) is 5.32 Å². The van der Waals surface area contributed by atoms with Gasteiger partial charge in [0.15, 0.2) is 0 Å². The molecule has 1 aromatic carbocycles. The number of hydrogen-bond acceptors (Lipinski definition) is 5. The first-order chi connectivity index (χ1) is 12.2. The van der Waals surface area contributed by atoms with Crippen molar-refractivity contribution >= 4 is 22.7 Å². The van der Waals surface area contributed by atoms with Gasteiger partial charge in [0, 0.05) is 35.1 Å². The molecule has 25 heavy (non-hydrogen) atoms. The van der Waals surface area contributed by atoms with Crippen molar-refractivity contribution in [2.24, 2.45) is 0 Å². The Morgan fingerprint density at radius 3 is 2.68 bits per heavy atom. The number of nitriles is 1. The summed E-state index contributed by atoms with van der Waals surface area (Å²) in [4.78, 5) is 8.76. The van der Waals surface area contributed by atoms with Gasteiger partial charge in [-0.05, 0) is 35.7 Å². The molecule has 1 N–H and O–H groups in total. The normalized spacial score (nSPS) is 11.4. The molecule has 0 bridgehead atoms. The maximum atomic E-state index is 9.12. The molecule has 5 heteroatoms. The molecular formula is C20H18N4S. The molecule has 0 aliphatic carbocycles. The molecule has 0 saturated carbocycles. The van der Waals surface area contributed by atoms with E-state index in [2.05, 4.69) is 47.3 Å². The van der Waals surface area contributed by atoms with Crippen LogP contribution in [0.4, 0.5) is 5.69 Å². The third kappa shape index (κ3) is 4.11. The molecule has 3 rings (SSSR count). The molecule has 4 nitrogen and oxygen atoms in total. The van der Waals surface area contributed by atoms with Crippen LogP contribution in [-0.4, -0.2) is 9.97 Å². The molecule has 0 radical (unpaired) electrons. The van der Waals surface area contributed by atoms with E-state index in [1.165, 1.54) is 23.0 Å². The Balaban J connectivity index is 1.84. The molecule has 0 saturated heterocycles. The van der Waals surface area contributed by atoms with E-state index in [4.69, 9.17) is 5.26 Å². The van der Waals surface area contributed by atoms with Gasteiger partial charge in [-0.15, -0.1) is 11.3 Å². The fraction of sp³-hybridized carbons (Fsp3) is 0.150. The minimum Gasteiger partial charge on any atom is -0.353 e. The second-order valence-electron chi connectivity index (χ2n) is 5.87. The summed E-state index contributed by atoms with van der Waals surface area (Å²) in [5.41, 5.74) is 4.62. The highest BCUT2D eigenvalue weighted by molar-refractivity contribution is 7.13. The Labute approximate surface area is 151 Å². The topological polar surface area (TPSA) is 61.6 Å². The number of nitrogens with zero attached hydrogens (tertiary/aromatic N) is 3. The van der Waals surface area contributed by atoms with Crippen LogP contribution in [0.5, 0.6) is 0 Å². The summed E-state index contributed by atoms with van der Waals surface area (Å²) in [6, 6.07) is 14.2. The monoisotopic (exact) mass is 346 g/mol. The average Bonchev–Trinajstić information content (AvgIpc) is 3.13. The molecule has 2 aromatic heterocycles. The van der Waals surface area contributed by atoms with Crippen molar-refractivity contribution in [3.63, 3.8) is 0 Å². The fourth-order valence-corrected chi connectivity index (χ4v) is 3.18. The van der Waals surface area contributed by atoms with Crippen molar-refractivity contribution in [3.8, 4) is 16.6 Å². The van der Waals surface area contributed by atoms with E-state index in [0.717, 1.165) is 22.0 Å². The van der Waals surface area contributed by atoms with Gasteiger partial charge in [-0.3, -0.25) is 4.98 Å². The summed E-state index contributed by atoms with van der Waals surface area (Å²) >= 11 is 1.53. The van der Waals surface area contributed by atoms with Crippen LogP contribution in [0.1, 0.15) is 31.0 Å². The van der Waals surface area contributed by atoms with Crippen LogP contribution in [0, 0.1) is 11.3 Å². The Bertz CT molecular complexity index is 903. The van der Waals surface area contributed by atoms with Crippen LogP contribution < -0.4 is 5.32 Å². The summed E-state index contributed by atoms with van der Waals surface area (Å²) < 4.78 is 0. The lowest BCUT2D eigenvalue weighted by Gasteiger charge is -2.10. The van der Waals surface area contributed by atoms with E-state index < -0.39 is 0 Å². The molecule has 0 aliphatic rings. The van der Waals surface area contributed by atoms with Gasteiger partial charge in [0.2, 0.25) is 0 Å². The van der Waals surface area contributed by atoms with Gasteiger partial charge in [0.1, 0.15) is 5.01 Å². The van der Waals surface area contributed by atoms with Crippen LogP contribution in [0.25, 0.3) is 16.3 Å². The highest BCUT2D eigenvalue weighted by Gasteiger charge is 2.10. The molecule has 2 heterocycles. The number of allylic oxidation sites excluding steroid dienone is 1. The van der Waals surface area contributed by atoms with E-state index in [1.54, 1.807) is 12.4 Å². The zero-order chi connectivity index (χ0) is 17.6. The van der Waals surface area contributed by atoms with Gasteiger partial charge in [-0.2, -0.15) is 5.26 Å². The molecule has 0 spiro atoms. The Morgan fingerprint density at radius 2 is 2.04 bits per heavy atom. The van der Waals surface area contributed by atoms with Gasteiger partial charge in [-0.1, -0.05) is 26.0 Å². The highest BCUT2D eigenvalue weighted by atomic mass is 32.1. The number of pyridine rings is 1. The predicted octanol–water partition coefficient (Wildman–Crippen LogP) is 5.31. The maximum absolute atomic E-state index is 9.12. The van der Waals surface area contributed by atoms with Crippen LogP contribution in [-0.2, 0) is 0 Å². The number of rotatable bonds is 5. The molecule has 124 valence electrons. The van der Waals surface area contributed by atoms with Crippen molar-refractivity contribution in [2.45, 2.75) is 19.8 Å². The second kappa shape index (κ2) is 7.73. The summed E-state index contributed by atoms with van der Waals surface area (Å²) in [6.45, 7) is 4.33. The van der Waals surface area contributed by atoms with E-state index in [0.29, 0.717) is 11.6 Å². The summed E-state index contributed by atoms with van der Waals surface area (Å²) in [7, 11) is 0. The first kappa shape index (κ1) is 16.9. The minimum atomic E-state index is 0.490. The zero-order valence-electron chi connectivity index (χ0n) is 14.1. The molecular weight excluding hydrogens is 328 g/mol. The van der Waals surface area contributed by atoms with E-state index in [1.807, 2.05) is 29.6 Å². The van der Waals surface area contributed by atoms with Crippen LogP contribution in [0.15, 0.2) is 60.2 Å². The Morgan fingerprint density at radius 1 is 1.24 bits per heavy atom. The van der Waals surface area contributed by atoms with Crippen LogP contribution >= 0.6 is 11.3 Å². The lowest BCUT2D eigenvalue weighted by molar-refractivity contribution is 0.867. The van der Waals surface area contributed by atoms with Gasteiger partial charge >= 0.3 is 0 Å². The second-order valence-corrected chi connectivity index (χ2v) is 6.73. The SMILES string of the molecule is CC(C)c1ccc(NC(=CC#N)c2csc(-c3cccnc3)n2)cc1. The first-order valence-corrected chi connectivity index (χ1v) is 8.88. The quantitative estimate of drug-likeness (QED) is 0.636. The number of thiazole rings is 1. The van der Waals surface area contributed by atoms with Crippen molar-refractivity contribution < 1.29 is 0 Å². The van der Waals surface area contributed by atoms with E-state index in [9.17, 15) is 0 Å². The molecule has 3 aromatic rings. The van der Waals surface area contributed by atoms with Crippen molar-refractivity contribution in [3.05, 3.63) is 71.5 Å². The molecule has 0 amide bonds. The number of aromatic nitrogens is 2. The highest BCUT2D eigenvalue weighted by Crippen LogP contribution is 2.27. The molecule has 0 fully saturated rings. The molecule has 0 unspecified atom stereocenters. The lowest BCUT2D eigenvalue weighted by Crippen LogP contribution is -1.99. The number of hydrogen-bond donors (Lipinski definition) is 1. The van der Waals surface area contributed by atoms with Crippen molar-refractivity contribution in [1.29, 1.82) is 5.26 Å². The number of anilines is 1. The van der Waals surface area contributed by atoms with E-state index in [-0.39, 0.29) is 0 Å². The molecule has 0 aliphatic heterocycles. The smallest absolute Gasteiger partial charge is 0.125 e. The van der Waals surface area contributed by atoms with Gasteiger partial charge in [0.25, 0.3) is 0 Å². The van der Waals surface area contributed by atoms with Crippen molar-refractivity contribution in [1.82, 2.24) is 9.97 Å². The van der Waals surface area contributed by atoms with Gasteiger partial charge in [-0.25, -0.2) is 4.98 Å². The van der Waals surface area contributed by atoms with Crippen LogP contribution in [0.3, 0.4) is 0 Å². The minimum absolute atomic E-state index is 0.490. The fourth-order valence-electron chi connectivity index (χ4n) is 2.36. The molecule has 0 atom stereocenters. The zero-order valence-corrected chi connectivity index (χ0v) is 14.9. The largest absolute Gasteiger partial charge is 0.353 e. The Kier molecular flexibility index (Phi) is 5.22. The first-order valence-electron chi connectivity index (χ1n) is 8.00. The summed E-state index contributed by atoms with van der Waals surface area (Å²) in [5.74, 6) is 0.490. The summed E-state index contributed by atoms with van der Waals surface area (Å²) in [5, 5.41) is 15.2. The third-order valence-electron chi connectivity index (χ3n) is 3.75. The third-order valence-corrected chi connectivity index (χ3v) is 4.65. The van der Waals surface area contributed by atoms with E-state index >= 15 is 0 Å².